The summed E-state index contributed by atoms with van der Waals surface area (Å²) in [7, 11) is 0. The fraction of sp³-hybridized carbons (Fsp3) is 0.250. The number of carbonyl (C=O) groups excluding carboxylic acids is 2. The van der Waals surface area contributed by atoms with Gasteiger partial charge in [0.05, 0.1) is 11.3 Å². The summed E-state index contributed by atoms with van der Waals surface area (Å²) >= 11 is 0. The number of anilines is 2. The first-order valence-corrected chi connectivity index (χ1v) is 11.6. The van der Waals surface area contributed by atoms with Gasteiger partial charge >= 0.3 is 0 Å². The molecule has 2 aliphatic rings. The lowest BCUT2D eigenvalue weighted by Gasteiger charge is -2.37. The molecule has 0 aliphatic carbocycles. The summed E-state index contributed by atoms with van der Waals surface area (Å²) in [4.78, 5) is 37.6. The van der Waals surface area contributed by atoms with Gasteiger partial charge < -0.3 is 9.80 Å². The zero-order chi connectivity index (χ0) is 23.8. The van der Waals surface area contributed by atoms with Crippen LogP contribution in [0.3, 0.4) is 0 Å². The zero-order valence-electron chi connectivity index (χ0n) is 19.8. The van der Waals surface area contributed by atoms with Gasteiger partial charge in [-0.2, -0.15) is 0 Å². The number of imide groups is 1. The van der Waals surface area contributed by atoms with Crippen LogP contribution < -0.4 is 9.80 Å². The summed E-state index contributed by atoms with van der Waals surface area (Å²) in [6, 6.07) is 19.4. The number of aryl methyl sites for hydroxylation is 3. The second kappa shape index (κ2) is 8.78. The fourth-order valence-electron chi connectivity index (χ4n) is 4.60. The minimum absolute atomic E-state index is 0.256. The number of benzene rings is 2. The number of nitrogens with zero attached hydrogens (tertiary/aromatic N) is 4. The van der Waals surface area contributed by atoms with Crippen LogP contribution in [0.2, 0.25) is 0 Å². The zero-order valence-corrected chi connectivity index (χ0v) is 19.8. The molecule has 3 heterocycles. The summed E-state index contributed by atoms with van der Waals surface area (Å²) in [5, 5.41) is 0. The lowest BCUT2D eigenvalue weighted by atomic mass is 9.99. The van der Waals surface area contributed by atoms with E-state index in [-0.39, 0.29) is 11.8 Å². The van der Waals surface area contributed by atoms with Crippen LogP contribution >= 0.6 is 0 Å². The number of aromatic nitrogens is 1. The maximum atomic E-state index is 13.8. The molecule has 6 heteroatoms. The van der Waals surface area contributed by atoms with Crippen molar-refractivity contribution in [1.29, 1.82) is 0 Å². The van der Waals surface area contributed by atoms with E-state index in [9.17, 15) is 9.59 Å². The molecule has 34 heavy (non-hydrogen) atoms. The van der Waals surface area contributed by atoms with Gasteiger partial charge in [-0.15, -0.1) is 0 Å². The Bertz CT molecular complexity index is 1270. The summed E-state index contributed by atoms with van der Waals surface area (Å²) < 4.78 is 0. The van der Waals surface area contributed by atoms with Crippen molar-refractivity contribution in [3.05, 3.63) is 94.8 Å². The van der Waals surface area contributed by atoms with Crippen LogP contribution in [0.15, 0.2) is 72.6 Å². The third-order valence-corrected chi connectivity index (χ3v) is 6.72. The number of hydrogen-bond acceptors (Lipinski definition) is 5. The van der Waals surface area contributed by atoms with Crippen molar-refractivity contribution in [2.75, 3.05) is 36.0 Å². The Morgan fingerprint density at radius 2 is 1.44 bits per heavy atom. The Hall–Kier alpha value is -3.93. The molecule has 5 rings (SSSR count). The first-order valence-electron chi connectivity index (χ1n) is 11.6. The largest absolute Gasteiger partial charge is 0.363 e. The van der Waals surface area contributed by atoms with Crippen LogP contribution in [0.1, 0.15) is 22.3 Å². The molecule has 1 fully saturated rings. The molecule has 2 amide bonds. The smallest absolute Gasteiger partial charge is 0.282 e. The second-order valence-corrected chi connectivity index (χ2v) is 8.97. The van der Waals surface area contributed by atoms with E-state index in [1.165, 1.54) is 4.90 Å². The highest BCUT2D eigenvalue weighted by molar-refractivity contribution is 6.45. The Kier molecular flexibility index (Phi) is 5.65. The summed E-state index contributed by atoms with van der Waals surface area (Å²) in [5.41, 5.74) is 5.70. The van der Waals surface area contributed by atoms with E-state index in [1.807, 2.05) is 81.4 Å². The van der Waals surface area contributed by atoms with Crippen LogP contribution in [0.25, 0.3) is 5.57 Å². The van der Waals surface area contributed by atoms with Gasteiger partial charge in [-0.05, 0) is 61.7 Å². The average Bonchev–Trinajstić information content (AvgIpc) is 3.12. The van der Waals surface area contributed by atoms with Crippen LogP contribution in [0.4, 0.5) is 11.5 Å². The van der Waals surface area contributed by atoms with Crippen molar-refractivity contribution in [3.8, 4) is 0 Å². The van der Waals surface area contributed by atoms with Gasteiger partial charge in [-0.3, -0.25) is 9.59 Å². The molecule has 1 saturated heterocycles. The molecule has 2 aliphatic heterocycles. The molecule has 3 aromatic rings. The molecule has 1 aromatic heterocycles. The first kappa shape index (κ1) is 21.9. The van der Waals surface area contributed by atoms with E-state index in [0.29, 0.717) is 30.0 Å². The van der Waals surface area contributed by atoms with Crippen LogP contribution in [0.5, 0.6) is 0 Å². The van der Waals surface area contributed by atoms with Crippen molar-refractivity contribution in [2.24, 2.45) is 0 Å². The minimum Gasteiger partial charge on any atom is -0.363 e. The van der Waals surface area contributed by atoms with E-state index >= 15 is 0 Å². The van der Waals surface area contributed by atoms with Gasteiger partial charge in [-0.1, -0.05) is 42.0 Å². The molecule has 0 saturated carbocycles. The number of carbonyl (C=O) groups is 2. The molecular weight excluding hydrogens is 424 g/mol. The van der Waals surface area contributed by atoms with Crippen molar-refractivity contribution in [3.63, 3.8) is 0 Å². The standard InChI is InChI=1S/C28H28N4O2/c1-19-7-11-23(12-8-19)32-27(33)25(22-10-9-20(2)21(3)18-22)26(28(32)34)31-16-14-30(15-17-31)24-6-4-5-13-29-24/h4-13,18H,14-17H2,1-3H3. The fourth-order valence-corrected chi connectivity index (χ4v) is 4.60. The minimum atomic E-state index is -0.265. The Labute approximate surface area is 200 Å². The number of pyridine rings is 1. The highest BCUT2D eigenvalue weighted by Crippen LogP contribution is 2.36. The number of amides is 2. The van der Waals surface area contributed by atoms with Gasteiger partial charge in [0.2, 0.25) is 0 Å². The maximum Gasteiger partial charge on any atom is 0.282 e. The van der Waals surface area contributed by atoms with Crippen molar-refractivity contribution < 1.29 is 9.59 Å². The van der Waals surface area contributed by atoms with Crippen LogP contribution in [-0.4, -0.2) is 47.9 Å². The highest BCUT2D eigenvalue weighted by Gasteiger charge is 2.43. The molecular formula is C28H28N4O2. The molecule has 0 spiro atoms. The van der Waals surface area contributed by atoms with E-state index < -0.39 is 0 Å². The Morgan fingerprint density at radius 1 is 0.735 bits per heavy atom. The van der Waals surface area contributed by atoms with Gasteiger partial charge in [-0.25, -0.2) is 9.88 Å². The topological polar surface area (TPSA) is 56.8 Å². The van der Waals surface area contributed by atoms with Crippen LogP contribution in [-0.2, 0) is 9.59 Å². The SMILES string of the molecule is Cc1ccc(N2C(=O)C(c3ccc(C)c(C)c3)=C(N3CCN(c4ccccn4)CC3)C2=O)cc1. The predicted octanol–water partition coefficient (Wildman–Crippen LogP) is 4.11. The van der Waals surface area contributed by atoms with Crippen molar-refractivity contribution in [1.82, 2.24) is 9.88 Å². The molecule has 172 valence electrons. The third kappa shape index (κ3) is 3.85. The van der Waals surface area contributed by atoms with Crippen LogP contribution in [0, 0.1) is 20.8 Å². The predicted molar refractivity (Wildman–Crippen MR) is 135 cm³/mol. The Morgan fingerprint density at radius 3 is 2.09 bits per heavy atom. The first-order chi connectivity index (χ1) is 16.4. The molecule has 0 bridgehead atoms. The van der Waals surface area contributed by atoms with E-state index in [0.717, 1.165) is 41.2 Å². The van der Waals surface area contributed by atoms with E-state index in [2.05, 4.69) is 14.8 Å². The van der Waals surface area contributed by atoms with Gasteiger partial charge in [0.1, 0.15) is 11.5 Å². The molecule has 6 nitrogen and oxygen atoms in total. The van der Waals surface area contributed by atoms with E-state index in [4.69, 9.17) is 0 Å². The molecule has 2 aromatic carbocycles. The normalized spacial score (nSPS) is 16.6. The molecule has 0 radical (unpaired) electrons. The highest BCUT2D eigenvalue weighted by atomic mass is 16.2. The average molecular weight is 453 g/mol. The van der Waals surface area contributed by atoms with Gasteiger partial charge in [0.15, 0.2) is 0 Å². The maximum absolute atomic E-state index is 13.8. The molecule has 0 atom stereocenters. The monoisotopic (exact) mass is 452 g/mol. The molecule has 0 N–H and O–H groups in total. The van der Waals surface area contributed by atoms with Crippen molar-refractivity contribution >= 4 is 28.9 Å². The lowest BCUT2D eigenvalue weighted by Crippen LogP contribution is -2.48. The van der Waals surface area contributed by atoms with Crippen molar-refractivity contribution in [2.45, 2.75) is 20.8 Å². The second-order valence-electron chi connectivity index (χ2n) is 8.97. The van der Waals surface area contributed by atoms with Gasteiger partial charge in [0.25, 0.3) is 11.8 Å². The number of rotatable bonds is 4. The quantitative estimate of drug-likeness (QED) is 0.558. The Balaban J connectivity index is 1.52. The van der Waals surface area contributed by atoms with E-state index in [1.54, 1.807) is 6.20 Å². The number of hydrogen-bond donors (Lipinski definition) is 0. The third-order valence-electron chi connectivity index (χ3n) is 6.72. The van der Waals surface area contributed by atoms with Gasteiger partial charge in [0, 0.05) is 32.4 Å². The lowest BCUT2D eigenvalue weighted by molar-refractivity contribution is -0.120. The summed E-state index contributed by atoms with van der Waals surface area (Å²) in [6.45, 7) is 8.80. The number of piperazine rings is 1. The molecule has 0 unspecified atom stereocenters. The summed E-state index contributed by atoms with van der Waals surface area (Å²) in [5.74, 6) is 0.410. The summed E-state index contributed by atoms with van der Waals surface area (Å²) in [6.07, 6.45) is 1.79.